The van der Waals surface area contributed by atoms with Gasteiger partial charge in [0.15, 0.2) is 0 Å². The molecule has 42 heavy (non-hydrogen) atoms. The largest absolute Gasteiger partial charge is 0.471 e. The third-order valence-electron chi connectivity index (χ3n) is 7.79. The Labute approximate surface area is 238 Å². The van der Waals surface area contributed by atoms with Gasteiger partial charge in [0.05, 0.1) is 6.04 Å². The summed E-state index contributed by atoms with van der Waals surface area (Å²) in [4.78, 5) is 52.0. The molecule has 10 nitrogen and oxygen atoms in total. The zero-order chi connectivity index (χ0) is 32.0. The number of nitrogens with zero attached hydrogens (tertiary/aromatic N) is 1. The second kappa shape index (κ2) is 11.7. The van der Waals surface area contributed by atoms with E-state index in [0.717, 1.165) is 4.90 Å². The van der Waals surface area contributed by atoms with Crippen molar-refractivity contribution in [3.05, 3.63) is 11.2 Å². The highest BCUT2D eigenvalue weighted by Gasteiger charge is 2.59. The zero-order valence-corrected chi connectivity index (χ0v) is 24.2. The molecule has 0 aromatic heterocycles. The number of rotatable bonds is 8. The van der Waals surface area contributed by atoms with E-state index < -0.39 is 111 Å². The van der Waals surface area contributed by atoms with Crippen LogP contribution in [0.2, 0.25) is 0 Å². The first-order chi connectivity index (χ1) is 19.0. The molecule has 0 unspecified atom stereocenters. The third-order valence-corrected chi connectivity index (χ3v) is 8.63. The molecule has 2 saturated heterocycles. The molecule has 238 valence electrons. The summed E-state index contributed by atoms with van der Waals surface area (Å²) in [5.74, 6) is -11.0. The molecule has 0 radical (unpaired) electrons. The molecule has 0 spiro atoms. The maximum Gasteiger partial charge on any atom is 0.471 e. The van der Waals surface area contributed by atoms with Crippen molar-refractivity contribution < 1.29 is 53.9 Å². The van der Waals surface area contributed by atoms with Crippen LogP contribution in [0.4, 0.5) is 26.3 Å². The molecule has 1 saturated carbocycles. The van der Waals surface area contributed by atoms with Crippen LogP contribution in [0.5, 0.6) is 0 Å². The van der Waals surface area contributed by atoms with Crippen LogP contribution in [0.1, 0.15) is 46.5 Å². The lowest BCUT2D eigenvalue weighted by Crippen LogP contribution is -2.60. The molecule has 2 heterocycles. The molecule has 1 aliphatic carbocycles. The van der Waals surface area contributed by atoms with Crippen molar-refractivity contribution in [3.63, 3.8) is 0 Å². The van der Waals surface area contributed by atoms with E-state index in [1.54, 1.807) is 5.32 Å². The lowest BCUT2D eigenvalue weighted by atomic mass is 9.85. The maximum atomic E-state index is 14.5. The molecule has 17 heteroatoms. The van der Waals surface area contributed by atoms with Crippen molar-refractivity contribution in [2.75, 3.05) is 19.3 Å². The second-order valence-electron chi connectivity index (χ2n) is 12.3. The summed E-state index contributed by atoms with van der Waals surface area (Å²) in [6.45, 7) is 3.97. The SMILES string of the molecule is CC(C)(C)[C@@H](NC(=O)C(F)(F)F)C(=O)N1C[C@H]2CC(F)(F)C[C@H]2[C@H]1C(=O)N[C@H](/C=C(/F)S(C)(=O)=O)C[C@H]1CCNC1=O. The molecule has 3 aliphatic rings. The number of hydrogen-bond donors (Lipinski definition) is 3. The van der Waals surface area contributed by atoms with Crippen molar-refractivity contribution in [2.45, 2.75) is 76.7 Å². The molecule has 3 N–H and O–H groups in total. The van der Waals surface area contributed by atoms with Crippen LogP contribution in [0, 0.1) is 23.2 Å². The van der Waals surface area contributed by atoms with Gasteiger partial charge >= 0.3 is 12.1 Å². The van der Waals surface area contributed by atoms with Gasteiger partial charge in [-0.2, -0.15) is 17.6 Å². The molecule has 2 aliphatic heterocycles. The fraction of sp³-hybridized carbons (Fsp3) is 0.760. The normalized spacial score (nSPS) is 27.7. The number of carbonyl (C=O) groups excluding carboxylic acids is 4. The summed E-state index contributed by atoms with van der Waals surface area (Å²) >= 11 is 0. The number of carbonyl (C=O) groups is 4. The first-order valence-corrected chi connectivity index (χ1v) is 15.1. The fourth-order valence-corrected chi connectivity index (χ4v) is 6.19. The van der Waals surface area contributed by atoms with Gasteiger partial charge in [0.1, 0.15) is 12.1 Å². The molecular formula is C25H34F6N4O6S. The van der Waals surface area contributed by atoms with E-state index in [1.165, 1.54) is 20.8 Å². The summed E-state index contributed by atoms with van der Waals surface area (Å²) in [5, 5.41) is 4.95. The van der Waals surface area contributed by atoms with E-state index in [2.05, 4.69) is 10.6 Å². The number of sulfone groups is 1. The van der Waals surface area contributed by atoms with Crippen molar-refractivity contribution >= 4 is 33.5 Å². The molecule has 4 amide bonds. The molecule has 0 aromatic carbocycles. The Kier molecular flexibility index (Phi) is 9.36. The summed E-state index contributed by atoms with van der Waals surface area (Å²) in [5.41, 5.74) is -1.31. The Morgan fingerprint density at radius 1 is 1.14 bits per heavy atom. The number of amides is 4. The smallest absolute Gasteiger partial charge is 0.356 e. The van der Waals surface area contributed by atoms with Crippen LogP contribution in [0.25, 0.3) is 0 Å². The third kappa shape index (κ3) is 7.75. The minimum absolute atomic E-state index is 0.252. The molecule has 6 atom stereocenters. The predicted molar refractivity (Wildman–Crippen MR) is 136 cm³/mol. The van der Waals surface area contributed by atoms with E-state index in [-0.39, 0.29) is 19.4 Å². The summed E-state index contributed by atoms with van der Waals surface area (Å²) in [7, 11) is -4.36. The standard InChI is InChI=1S/C25H34F6N4O6S/c1-23(2,3)18(34-22(39)25(29,30)31)21(38)35-11-13-9-24(27,28)10-15(13)17(35)20(37)33-14(8-16(26)42(4,40)41)7-12-5-6-32-19(12)36/h8,12-15,17-18H,5-7,9-11H2,1-4H3,(H,32,36)(H,33,37)(H,34,39)/b16-8-/t12-,13-,14+,15-,17+,18+/m1/s1. The maximum absolute atomic E-state index is 14.5. The number of halogens is 6. The predicted octanol–water partition coefficient (Wildman–Crippen LogP) is 1.82. The van der Waals surface area contributed by atoms with Gasteiger partial charge in [0.25, 0.3) is 0 Å². The van der Waals surface area contributed by atoms with Crippen molar-refractivity contribution in [1.29, 1.82) is 0 Å². The lowest BCUT2D eigenvalue weighted by Gasteiger charge is -2.37. The van der Waals surface area contributed by atoms with Crippen LogP contribution in [-0.2, 0) is 29.0 Å². The van der Waals surface area contributed by atoms with Crippen LogP contribution in [-0.4, -0.2) is 86.5 Å². The van der Waals surface area contributed by atoms with Gasteiger partial charge < -0.3 is 20.9 Å². The van der Waals surface area contributed by atoms with Gasteiger partial charge in [-0.25, -0.2) is 17.2 Å². The van der Waals surface area contributed by atoms with E-state index >= 15 is 0 Å². The van der Waals surface area contributed by atoms with E-state index in [9.17, 15) is 53.9 Å². The summed E-state index contributed by atoms with van der Waals surface area (Å²) in [6.07, 6.45) is -5.67. The Morgan fingerprint density at radius 3 is 2.26 bits per heavy atom. The molecule has 0 bridgehead atoms. The highest BCUT2D eigenvalue weighted by atomic mass is 32.2. The lowest BCUT2D eigenvalue weighted by molar-refractivity contribution is -0.176. The number of likely N-dealkylation sites (tertiary alicyclic amines) is 1. The van der Waals surface area contributed by atoms with E-state index in [4.69, 9.17) is 0 Å². The minimum atomic E-state index is -5.33. The Morgan fingerprint density at radius 2 is 1.76 bits per heavy atom. The van der Waals surface area contributed by atoms with Gasteiger partial charge in [0, 0.05) is 38.1 Å². The van der Waals surface area contributed by atoms with E-state index in [0.29, 0.717) is 12.3 Å². The zero-order valence-electron chi connectivity index (χ0n) is 23.4. The van der Waals surface area contributed by atoms with Crippen molar-refractivity contribution in [1.82, 2.24) is 20.9 Å². The van der Waals surface area contributed by atoms with Crippen LogP contribution in [0.15, 0.2) is 11.2 Å². The van der Waals surface area contributed by atoms with Gasteiger partial charge in [-0.1, -0.05) is 20.8 Å². The Bertz CT molecular complexity index is 1250. The van der Waals surface area contributed by atoms with Crippen molar-refractivity contribution in [3.8, 4) is 0 Å². The molecular weight excluding hydrogens is 598 g/mol. The summed E-state index contributed by atoms with van der Waals surface area (Å²) < 4.78 is 106. The monoisotopic (exact) mass is 632 g/mol. The van der Waals surface area contributed by atoms with Gasteiger partial charge in [-0.3, -0.25) is 19.2 Å². The Balaban J connectivity index is 1.97. The first kappa shape index (κ1) is 33.6. The molecule has 0 aromatic rings. The average molecular weight is 633 g/mol. The Hall–Kier alpha value is -2.85. The molecule has 3 fully saturated rings. The van der Waals surface area contributed by atoms with Gasteiger partial charge in [0.2, 0.25) is 38.6 Å². The quantitative estimate of drug-likeness (QED) is 0.349. The number of fused-ring (bicyclic) bond motifs is 1. The summed E-state index contributed by atoms with van der Waals surface area (Å²) in [6, 6.07) is -4.87. The minimum Gasteiger partial charge on any atom is -0.356 e. The van der Waals surface area contributed by atoms with E-state index in [1.807, 2.05) is 0 Å². The van der Waals surface area contributed by atoms with Crippen molar-refractivity contribution in [2.24, 2.45) is 23.2 Å². The first-order valence-electron chi connectivity index (χ1n) is 13.2. The van der Waals surface area contributed by atoms with Gasteiger partial charge in [-0.05, 0) is 36.2 Å². The van der Waals surface area contributed by atoms with Crippen LogP contribution in [0.3, 0.4) is 0 Å². The fourth-order valence-electron chi connectivity index (χ4n) is 5.78. The van der Waals surface area contributed by atoms with Gasteiger partial charge in [-0.15, -0.1) is 0 Å². The number of nitrogens with one attached hydrogen (secondary N) is 3. The average Bonchev–Trinajstić information content (AvgIpc) is 3.45. The number of hydrogen-bond acceptors (Lipinski definition) is 6. The highest BCUT2D eigenvalue weighted by Crippen LogP contribution is 2.50. The van der Waals surface area contributed by atoms with Crippen LogP contribution >= 0.6 is 0 Å². The highest BCUT2D eigenvalue weighted by molar-refractivity contribution is 7.94. The molecule has 3 rings (SSSR count). The topological polar surface area (TPSA) is 142 Å². The second-order valence-corrected chi connectivity index (χ2v) is 14.2. The van der Waals surface area contributed by atoms with Crippen LogP contribution < -0.4 is 16.0 Å². The number of alkyl halides is 5.